The summed E-state index contributed by atoms with van der Waals surface area (Å²) in [4.78, 5) is 15.7. The summed E-state index contributed by atoms with van der Waals surface area (Å²) in [5.41, 5.74) is 3.62. The zero-order valence-electron chi connectivity index (χ0n) is 23.3. The largest absolute Gasteiger partial charge is 0.493 e. The lowest BCUT2D eigenvalue weighted by atomic mass is 9.91. The van der Waals surface area contributed by atoms with Gasteiger partial charge < -0.3 is 19.1 Å². The fourth-order valence-electron chi connectivity index (χ4n) is 4.72. The zero-order valence-corrected chi connectivity index (χ0v) is 24.1. The summed E-state index contributed by atoms with van der Waals surface area (Å²) in [6, 6.07) is 17.5. The Morgan fingerprint density at radius 3 is 2.15 bits per heavy atom. The minimum absolute atomic E-state index is 0.134. The molecule has 0 spiro atoms. The molecule has 1 aliphatic rings. The van der Waals surface area contributed by atoms with Gasteiger partial charge in [0.25, 0.3) is 5.91 Å². The Labute approximate surface area is 231 Å². The minimum atomic E-state index is -3.59. The van der Waals surface area contributed by atoms with Crippen LogP contribution >= 0.6 is 0 Å². The molecule has 3 aromatic carbocycles. The molecule has 0 radical (unpaired) electrons. The summed E-state index contributed by atoms with van der Waals surface area (Å²) < 4.78 is 43.4. The summed E-state index contributed by atoms with van der Waals surface area (Å²) in [6.45, 7) is 4.99. The second-order valence-electron chi connectivity index (χ2n) is 10.0. The Bertz CT molecular complexity index is 1420. The number of nitrogens with zero attached hydrogens (tertiary/aromatic N) is 2. The van der Waals surface area contributed by atoms with Crippen LogP contribution in [0.4, 0.5) is 0 Å². The smallest absolute Gasteiger partial charge is 0.254 e. The molecule has 1 heterocycles. The lowest BCUT2D eigenvalue weighted by molar-refractivity contribution is 0.0589. The number of rotatable bonds is 9. The van der Waals surface area contributed by atoms with E-state index in [2.05, 4.69) is 26.0 Å². The predicted molar refractivity (Wildman–Crippen MR) is 150 cm³/mol. The predicted octanol–water partition coefficient (Wildman–Crippen LogP) is 4.90. The number of methoxy groups -OCH3 is 2. The number of ether oxygens (including phenoxy) is 3. The van der Waals surface area contributed by atoms with Crippen LogP contribution in [-0.2, 0) is 16.4 Å². The third-order valence-electron chi connectivity index (χ3n) is 7.10. The molecule has 1 amide bonds. The van der Waals surface area contributed by atoms with E-state index in [9.17, 15) is 13.2 Å². The number of amides is 1. The van der Waals surface area contributed by atoms with Crippen molar-refractivity contribution < 1.29 is 27.4 Å². The third-order valence-corrected chi connectivity index (χ3v) is 8.93. The summed E-state index contributed by atoms with van der Waals surface area (Å²) >= 11 is 0. The van der Waals surface area contributed by atoms with Gasteiger partial charge in [0.1, 0.15) is 12.4 Å². The molecular weight excluding hydrogens is 516 g/mol. The minimum Gasteiger partial charge on any atom is -0.493 e. The van der Waals surface area contributed by atoms with Gasteiger partial charge in [0.2, 0.25) is 10.0 Å². The molecule has 0 saturated heterocycles. The van der Waals surface area contributed by atoms with Crippen molar-refractivity contribution in [2.45, 2.75) is 37.1 Å². The van der Waals surface area contributed by atoms with Crippen LogP contribution in [0.3, 0.4) is 0 Å². The van der Waals surface area contributed by atoms with Gasteiger partial charge in [0, 0.05) is 26.2 Å². The summed E-state index contributed by atoms with van der Waals surface area (Å²) in [6.07, 6.45) is 0.633. The molecule has 4 rings (SSSR count). The molecule has 0 aliphatic carbocycles. The van der Waals surface area contributed by atoms with E-state index in [1.165, 1.54) is 31.8 Å². The molecule has 8 nitrogen and oxygen atoms in total. The van der Waals surface area contributed by atoms with Gasteiger partial charge in [-0.2, -0.15) is 0 Å². The van der Waals surface area contributed by atoms with Crippen LogP contribution in [0.1, 0.15) is 52.9 Å². The topological polar surface area (TPSA) is 85.4 Å². The van der Waals surface area contributed by atoms with Gasteiger partial charge >= 0.3 is 0 Å². The van der Waals surface area contributed by atoms with Gasteiger partial charge in [0.15, 0.2) is 11.5 Å². The average molecular weight is 553 g/mol. The molecule has 0 bridgehead atoms. The summed E-state index contributed by atoms with van der Waals surface area (Å²) in [5.74, 6) is 2.15. The van der Waals surface area contributed by atoms with Crippen molar-refractivity contribution in [3.8, 4) is 17.2 Å². The number of hydrogen-bond acceptors (Lipinski definition) is 6. The Hall–Kier alpha value is -3.56. The standard InChI is InChI=1S/C30H36N2O6S/c1-20(2)21-7-11-24(12-8-21)38-19-27-26-18-29(37-6)28(36-5)17-23(26)15-16-32(27)30(33)22-9-13-25(14-10-22)39(34,35)31(3)4/h7-14,17-18,20,27H,15-16,19H2,1-6H3/t27-/m0/s1. The molecule has 39 heavy (non-hydrogen) atoms. The fourth-order valence-corrected chi connectivity index (χ4v) is 5.62. The van der Waals surface area contributed by atoms with E-state index in [4.69, 9.17) is 14.2 Å². The van der Waals surface area contributed by atoms with Gasteiger partial charge in [-0.15, -0.1) is 0 Å². The highest BCUT2D eigenvalue weighted by atomic mass is 32.2. The molecule has 0 unspecified atom stereocenters. The van der Waals surface area contributed by atoms with Gasteiger partial charge in [-0.05, 0) is 77.6 Å². The number of sulfonamides is 1. The van der Waals surface area contributed by atoms with Gasteiger partial charge in [0.05, 0.1) is 25.2 Å². The van der Waals surface area contributed by atoms with E-state index < -0.39 is 16.1 Å². The van der Waals surface area contributed by atoms with Crippen molar-refractivity contribution in [1.29, 1.82) is 0 Å². The van der Waals surface area contributed by atoms with Crippen LogP contribution in [0.15, 0.2) is 65.6 Å². The SMILES string of the molecule is COc1cc2c(cc1OC)[C@H](COc1ccc(C(C)C)cc1)N(C(=O)c1ccc(S(=O)(=O)N(C)C)cc1)CC2. The number of carbonyl (C=O) groups excluding carboxylic acids is 1. The van der Waals surface area contributed by atoms with Crippen LogP contribution in [0.5, 0.6) is 17.2 Å². The summed E-state index contributed by atoms with van der Waals surface area (Å²) in [7, 11) is 2.54. The first-order valence-electron chi connectivity index (χ1n) is 12.9. The van der Waals surface area contributed by atoms with E-state index in [0.29, 0.717) is 35.9 Å². The maximum atomic E-state index is 13.8. The molecule has 0 saturated carbocycles. The third kappa shape index (κ3) is 5.89. The van der Waals surface area contributed by atoms with Crippen LogP contribution in [0.2, 0.25) is 0 Å². The molecule has 0 aromatic heterocycles. The molecule has 1 atom stereocenters. The van der Waals surface area contributed by atoms with Crippen LogP contribution in [-0.4, -0.2) is 65.0 Å². The van der Waals surface area contributed by atoms with E-state index in [-0.39, 0.29) is 17.4 Å². The number of hydrogen-bond donors (Lipinski definition) is 0. The van der Waals surface area contributed by atoms with Gasteiger partial charge in [-0.1, -0.05) is 26.0 Å². The first-order chi connectivity index (χ1) is 18.6. The molecule has 208 valence electrons. The Balaban J connectivity index is 1.67. The second-order valence-corrected chi connectivity index (χ2v) is 12.2. The van der Waals surface area contributed by atoms with Crippen molar-refractivity contribution in [2.24, 2.45) is 0 Å². The lowest BCUT2D eigenvalue weighted by Gasteiger charge is -2.37. The molecule has 0 N–H and O–H groups in total. The Morgan fingerprint density at radius 1 is 0.974 bits per heavy atom. The maximum Gasteiger partial charge on any atom is 0.254 e. The van der Waals surface area contributed by atoms with E-state index in [1.54, 1.807) is 31.3 Å². The number of fused-ring (bicyclic) bond motifs is 1. The van der Waals surface area contributed by atoms with Crippen molar-refractivity contribution in [3.05, 3.63) is 82.9 Å². The summed E-state index contributed by atoms with van der Waals surface area (Å²) in [5, 5.41) is 0. The second kappa shape index (κ2) is 11.7. The molecular formula is C30H36N2O6S. The normalized spacial score (nSPS) is 15.3. The van der Waals surface area contributed by atoms with Crippen LogP contribution < -0.4 is 14.2 Å². The van der Waals surface area contributed by atoms with Crippen molar-refractivity contribution >= 4 is 15.9 Å². The highest BCUT2D eigenvalue weighted by molar-refractivity contribution is 7.89. The van der Waals surface area contributed by atoms with Crippen molar-refractivity contribution in [1.82, 2.24) is 9.21 Å². The first kappa shape index (κ1) is 28.4. The van der Waals surface area contributed by atoms with E-state index in [1.807, 2.05) is 24.3 Å². The monoisotopic (exact) mass is 552 g/mol. The first-order valence-corrected chi connectivity index (χ1v) is 14.3. The van der Waals surface area contributed by atoms with Crippen LogP contribution in [0.25, 0.3) is 0 Å². The maximum absolute atomic E-state index is 13.8. The Kier molecular flexibility index (Phi) is 8.51. The average Bonchev–Trinajstić information content (AvgIpc) is 2.94. The van der Waals surface area contributed by atoms with Crippen molar-refractivity contribution in [2.75, 3.05) is 41.5 Å². The molecule has 1 aliphatic heterocycles. The quantitative estimate of drug-likeness (QED) is 0.376. The van der Waals surface area contributed by atoms with E-state index in [0.717, 1.165) is 21.2 Å². The van der Waals surface area contributed by atoms with Gasteiger partial charge in [-0.25, -0.2) is 12.7 Å². The highest BCUT2D eigenvalue weighted by Gasteiger charge is 2.33. The highest BCUT2D eigenvalue weighted by Crippen LogP contribution is 2.39. The molecule has 9 heteroatoms. The number of benzene rings is 3. The van der Waals surface area contributed by atoms with Crippen LogP contribution in [0, 0.1) is 0 Å². The Morgan fingerprint density at radius 2 is 1.59 bits per heavy atom. The number of carbonyl (C=O) groups is 1. The zero-order chi connectivity index (χ0) is 28.3. The lowest BCUT2D eigenvalue weighted by Crippen LogP contribution is -2.42. The fraction of sp³-hybridized carbons (Fsp3) is 0.367. The van der Waals surface area contributed by atoms with E-state index >= 15 is 0 Å². The molecule has 3 aromatic rings. The van der Waals surface area contributed by atoms with Gasteiger partial charge in [-0.3, -0.25) is 4.79 Å². The molecule has 0 fully saturated rings. The van der Waals surface area contributed by atoms with Crippen molar-refractivity contribution in [3.63, 3.8) is 0 Å².